The second kappa shape index (κ2) is 12.8. The third-order valence-corrected chi connectivity index (χ3v) is 8.82. The number of rotatable bonds is 12. The Morgan fingerprint density at radius 2 is 1.76 bits per heavy atom. The largest absolute Gasteiger partial charge is 0.393 e. The molecule has 1 unspecified atom stereocenters. The van der Waals surface area contributed by atoms with Crippen LogP contribution in [-0.4, -0.2) is 49.0 Å². The summed E-state index contributed by atoms with van der Waals surface area (Å²) in [6, 6.07) is 4.98. The molecule has 1 aliphatic heterocycles. The van der Waals surface area contributed by atoms with Crippen LogP contribution in [0.5, 0.6) is 0 Å². The summed E-state index contributed by atoms with van der Waals surface area (Å²) in [5.41, 5.74) is 3.07. The number of aryl methyl sites for hydroxylation is 2. The highest BCUT2D eigenvalue weighted by atomic mass is 28.3. The van der Waals surface area contributed by atoms with Gasteiger partial charge in [-0.2, -0.15) is 0 Å². The Morgan fingerprint density at radius 1 is 1.11 bits per heavy atom. The van der Waals surface area contributed by atoms with Gasteiger partial charge < -0.3 is 19.9 Å². The van der Waals surface area contributed by atoms with Gasteiger partial charge in [0.05, 0.1) is 30.4 Å². The molecular formula is C30H49NO5Si. The Bertz CT molecular complexity index is 979. The van der Waals surface area contributed by atoms with Crippen molar-refractivity contribution in [3.63, 3.8) is 0 Å². The number of anilines is 1. The maximum absolute atomic E-state index is 13.2. The molecule has 0 aromatic heterocycles. The summed E-state index contributed by atoms with van der Waals surface area (Å²) in [6.07, 6.45) is 4.31. The van der Waals surface area contributed by atoms with Crippen LogP contribution in [0.15, 0.2) is 24.3 Å². The van der Waals surface area contributed by atoms with Gasteiger partial charge in [0.15, 0.2) is 11.6 Å². The van der Waals surface area contributed by atoms with E-state index in [9.17, 15) is 14.7 Å². The lowest BCUT2D eigenvalue weighted by molar-refractivity contribution is -0.150. The van der Waals surface area contributed by atoms with Gasteiger partial charge in [-0.25, -0.2) is 0 Å². The van der Waals surface area contributed by atoms with E-state index in [2.05, 4.69) is 25.0 Å². The van der Waals surface area contributed by atoms with Crippen molar-refractivity contribution in [1.82, 2.24) is 0 Å². The number of hydrogen-bond donors (Lipinski definition) is 2. The first-order valence-corrected chi connectivity index (χ1v) is 17.4. The van der Waals surface area contributed by atoms with E-state index in [0.29, 0.717) is 17.7 Å². The molecule has 0 spiro atoms. The fourth-order valence-corrected chi connectivity index (χ4v) is 6.05. The number of amides is 1. The molecule has 1 amide bonds. The molecule has 1 aliphatic rings. The molecule has 0 saturated carbocycles. The van der Waals surface area contributed by atoms with Crippen molar-refractivity contribution in [2.24, 2.45) is 11.8 Å². The second-order valence-electron chi connectivity index (χ2n) is 12.6. The number of ketones is 1. The fraction of sp³-hybridized carbons (Fsp3) is 0.667. The summed E-state index contributed by atoms with van der Waals surface area (Å²) < 4.78 is 12.3. The van der Waals surface area contributed by atoms with Gasteiger partial charge in [0.1, 0.15) is 0 Å². The number of carbonyl (C=O) groups is 2. The number of ether oxygens (including phenoxy) is 2. The molecular weight excluding hydrogens is 482 g/mol. The van der Waals surface area contributed by atoms with Gasteiger partial charge in [0.2, 0.25) is 5.91 Å². The highest BCUT2D eigenvalue weighted by Gasteiger charge is 2.44. The number of nitrogens with one attached hydrogen (secondary N) is 1. The van der Waals surface area contributed by atoms with Crippen LogP contribution in [-0.2, 0) is 14.3 Å². The number of aliphatic hydroxyl groups excluding tert-OH is 1. The summed E-state index contributed by atoms with van der Waals surface area (Å²) in [7, 11) is -1.22. The number of carbonyl (C=O) groups excluding carboxylic acids is 2. The Balaban J connectivity index is 2.17. The average Bonchev–Trinajstić information content (AvgIpc) is 3.03. The molecule has 0 radical (unpaired) electrons. The maximum atomic E-state index is 13.2. The molecule has 1 fully saturated rings. The third kappa shape index (κ3) is 9.78. The first-order chi connectivity index (χ1) is 17.0. The zero-order valence-corrected chi connectivity index (χ0v) is 25.6. The van der Waals surface area contributed by atoms with Crippen molar-refractivity contribution in [2.75, 3.05) is 5.32 Å². The van der Waals surface area contributed by atoms with Gasteiger partial charge in [0.25, 0.3) is 0 Å². The lowest BCUT2D eigenvalue weighted by Gasteiger charge is -2.22. The van der Waals surface area contributed by atoms with Crippen LogP contribution in [0.1, 0.15) is 75.4 Å². The van der Waals surface area contributed by atoms with Gasteiger partial charge in [-0.1, -0.05) is 57.8 Å². The quantitative estimate of drug-likeness (QED) is 0.179. The van der Waals surface area contributed by atoms with E-state index in [-0.39, 0.29) is 36.1 Å². The first-order valence-electron chi connectivity index (χ1n) is 13.7. The van der Waals surface area contributed by atoms with Gasteiger partial charge in [-0.3, -0.25) is 9.59 Å². The van der Waals surface area contributed by atoms with Crippen molar-refractivity contribution >= 4 is 25.5 Å². The number of Topliss-reactive ketones (excluding diaryl/α,β-unsaturated/α-hetero) is 1. The van der Waals surface area contributed by atoms with E-state index < -0.39 is 26.1 Å². The first kappa shape index (κ1) is 31.4. The minimum atomic E-state index is -1.22. The zero-order chi connectivity index (χ0) is 28.1. The number of benzene rings is 1. The lowest BCUT2D eigenvalue weighted by atomic mass is 9.94. The maximum Gasteiger partial charge on any atom is 0.227 e. The lowest BCUT2D eigenvalue weighted by Crippen LogP contribution is -2.32. The molecule has 2 rings (SSSR count). The smallest absolute Gasteiger partial charge is 0.227 e. The van der Waals surface area contributed by atoms with Crippen molar-refractivity contribution in [1.29, 1.82) is 0 Å². The van der Waals surface area contributed by atoms with Gasteiger partial charge in [-0.15, -0.1) is 0 Å². The van der Waals surface area contributed by atoms with Crippen molar-refractivity contribution in [2.45, 2.75) is 118 Å². The second-order valence-corrected chi connectivity index (χ2v) is 18.2. The minimum absolute atomic E-state index is 0.00880. The highest BCUT2D eigenvalue weighted by Crippen LogP contribution is 2.35. The zero-order valence-electron chi connectivity index (χ0n) is 24.6. The minimum Gasteiger partial charge on any atom is -0.393 e. The summed E-state index contributed by atoms with van der Waals surface area (Å²) >= 11 is 0. The van der Waals surface area contributed by atoms with E-state index >= 15 is 0 Å². The molecule has 0 bridgehead atoms. The Kier molecular flexibility index (Phi) is 10.9. The van der Waals surface area contributed by atoms with Crippen LogP contribution in [0, 0.1) is 25.7 Å². The molecule has 1 aromatic carbocycles. The van der Waals surface area contributed by atoms with Gasteiger partial charge in [-0.05, 0) is 64.2 Å². The third-order valence-electron chi connectivity index (χ3n) is 6.97. The van der Waals surface area contributed by atoms with Crippen molar-refractivity contribution in [3.05, 3.63) is 41.0 Å². The van der Waals surface area contributed by atoms with Crippen LogP contribution in [0.25, 0.3) is 0 Å². The Labute approximate surface area is 225 Å². The van der Waals surface area contributed by atoms with Crippen molar-refractivity contribution < 1.29 is 24.2 Å². The molecule has 2 N–H and O–H groups in total. The topological polar surface area (TPSA) is 84.9 Å². The molecule has 1 heterocycles. The van der Waals surface area contributed by atoms with Crippen LogP contribution in [0.4, 0.5) is 5.69 Å². The SMILES string of the molecule is Cc1cc(C)c(C(=O)CCC[Si](C)(C)C)c(NC(=O)C[C@@H]2OC(C)(C)O[C@@H]2C(C)/C=C\[C@@H](C)[C@@H](C)O)c1. The van der Waals surface area contributed by atoms with Crippen LogP contribution < -0.4 is 5.32 Å². The monoisotopic (exact) mass is 531 g/mol. The van der Waals surface area contributed by atoms with E-state index in [4.69, 9.17) is 9.47 Å². The molecule has 6 nitrogen and oxygen atoms in total. The molecule has 0 aliphatic carbocycles. The molecule has 1 saturated heterocycles. The van der Waals surface area contributed by atoms with Crippen LogP contribution >= 0.6 is 0 Å². The van der Waals surface area contributed by atoms with E-state index in [1.807, 2.05) is 65.8 Å². The predicted molar refractivity (Wildman–Crippen MR) is 154 cm³/mol. The highest BCUT2D eigenvalue weighted by molar-refractivity contribution is 6.76. The summed E-state index contributed by atoms with van der Waals surface area (Å²) in [5, 5.41) is 12.8. The van der Waals surface area contributed by atoms with Crippen LogP contribution in [0.2, 0.25) is 25.7 Å². The number of hydrogen-bond acceptors (Lipinski definition) is 5. The Morgan fingerprint density at radius 3 is 2.35 bits per heavy atom. The summed E-state index contributed by atoms with van der Waals surface area (Å²) in [4.78, 5) is 26.4. The fourth-order valence-electron chi connectivity index (χ4n) is 4.81. The normalized spacial score (nSPS) is 22.1. The van der Waals surface area contributed by atoms with E-state index in [1.165, 1.54) is 0 Å². The number of aliphatic hydroxyl groups is 1. The summed E-state index contributed by atoms with van der Waals surface area (Å²) in [6.45, 7) is 20.3. The van der Waals surface area contributed by atoms with Gasteiger partial charge >= 0.3 is 0 Å². The standard InChI is InChI=1S/C30H49NO5Si/c1-19-16-22(4)28(25(33)12-11-15-37(8,9)10)24(17-19)31-27(34)18-26-29(36-30(6,7)35-26)21(3)14-13-20(2)23(5)32/h13-14,16-17,20-21,23,26,29,32H,11-12,15,18H2,1-10H3,(H,31,34)/b14-13-/t20-,21?,23-,26+,29-/m1/s1. The van der Waals surface area contributed by atoms with E-state index in [1.54, 1.807) is 6.92 Å². The molecule has 5 atom stereocenters. The summed E-state index contributed by atoms with van der Waals surface area (Å²) in [5.74, 6) is -0.913. The molecule has 7 heteroatoms. The predicted octanol–water partition coefficient (Wildman–Crippen LogP) is 6.66. The van der Waals surface area contributed by atoms with E-state index in [0.717, 1.165) is 23.6 Å². The Hall–Kier alpha value is -1.80. The van der Waals surface area contributed by atoms with Crippen LogP contribution in [0.3, 0.4) is 0 Å². The molecule has 208 valence electrons. The molecule has 37 heavy (non-hydrogen) atoms. The van der Waals surface area contributed by atoms with Crippen molar-refractivity contribution in [3.8, 4) is 0 Å². The van der Waals surface area contributed by atoms with Gasteiger partial charge in [0, 0.05) is 26.0 Å². The molecule has 1 aromatic rings. The average molecular weight is 532 g/mol.